The molecule has 2 amide bonds. The Morgan fingerprint density at radius 1 is 1.09 bits per heavy atom. The molecule has 1 fully saturated rings. The predicted octanol–water partition coefficient (Wildman–Crippen LogP) is 2.53. The Hall–Kier alpha value is -4.68. The number of aliphatic hydroxyl groups is 1. The van der Waals surface area contributed by atoms with Crippen molar-refractivity contribution in [2.24, 2.45) is 0 Å². The van der Waals surface area contributed by atoms with Crippen molar-refractivity contribution in [1.29, 1.82) is 0 Å². The van der Waals surface area contributed by atoms with Crippen LogP contribution < -0.4 is 20.5 Å². The molecule has 1 saturated heterocycles. The predicted molar refractivity (Wildman–Crippen MR) is 164 cm³/mol. The third kappa shape index (κ3) is 5.58. The highest BCUT2D eigenvalue weighted by Gasteiger charge is 2.41. The van der Waals surface area contributed by atoms with Gasteiger partial charge in [-0.25, -0.2) is 4.98 Å². The molecule has 0 bridgehead atoms. The van der Waals surface area contributed by atoms with E-state index >= 15 is 0 Å². The van der Waals surface area contributed by atoms with Crippen molar-refractivity contribution in [1.82, 2.24) is 24.8 Å². The van der Waals surface area contributed by atoms with E-state index in [9.17, 15) is 19.5 Å². The van der Waals surface area contributed by atoms with E-state index in [4.69, 9.17) is 4.74 Å². The average Bonchev–Trinajstić information content (AvgIpc) is 3.51. The lowest BCUT2D eigenvalue weighted by Crippen LogP contribution is -2.46. The maximum atomic E-state index is 13.3. The molecule has 2 aromatic carbocycles. The number of aromatic amines is 2. The molecule has 0 spiro atoms. The minimum atomic E-state index is -0.863. The first kappa shape index (κ1) is 28.4. The van der Waals surface area contributed by atoms with E-state index in [1.807, 2.05) is 50.3 Å². The van der Waals surface area contributed by atoms with Crippen LogP contribution in [0.2, 0.25) is 0 Å². The van der Waals surface area contributed by atoms with Crippen LogP contribution in [0.25, 0.3) is 22.4 Å². The highest BCUT2D eigenvalue weighted by Crippen LogP contribution is 2.32. The van der Waals surface area contributed by atoms with Gasteiger partial charge in [0.1, 0.15) is 29.8 Å². The van der Waals surface area contributed by atoms with Gasteiger partial charge in [-0.2, -0.15) is 0 Å². The monoisotopic (exact) mass is 585 g/mol. The van der Waals surface area contributed by atoms with Gasteiger partial charge in [-0.1, -0.05) is 6.07 Å². The molecule has 43 heavy (non-hydrogen) atoms. The maximum absolute atomic E-state index is 13.3. The summed E-state index contributed by atoms with van der Waals surface area (Å²) in [7, 11) is 5.91. The first-order valence-corrected chi connectivity index (χ1v) is 14.3. The van der Waals surface area contributed by atoms with Crippen molar-refractivity contribution < 1.29 is 19.4 Å². The second-order valence-corrected chi connectivity index (χ2v) is 11.3. The number of aromatic nitrogens is 3. The number of carbonyl (C=O) groups is 2. The molecule has 4 N–H and O–H groups in total. The number of carbonyl (C=O) groups excluding carboxylic acids is 2. The molecular weight excluding hydrogens is 550 g/mol. The van der Waals surface area contributed by atoms with Gasteiger partial charge >= 0.3 is 0 Å². The third-order valence-electron chi connectivity index (χ3n) is 8.08. The third-order valence-corrected chi connectivity index (χ3v) is 8.08. The lowest BCUT2D eigenvalue weighted by atomic mass is 10.0. The molecule has 0 saturated carbocycles. The number of imidazole rings is 1. The molecule has 224 valence electrons. The molecule has 0 radical (unpaired) electrons. The molecule has 12 nitrogen and oxygen atoms in total. The zero-order valence-electron chi connectivity index (χ0n) is 24.4. The lowest BCUT2D eigenvalue weighted by molar-refractivity contribution is 0.0516. The maximum Gasteiger partial charge on any atom is 0.261 e. The van der Waals surface area contributed by atoms with Gasteiger partial charge in [-0.15, -0.1) is 0 Å². The second-order valence-electron chi connectivity index (χ2n) is 11.3. The number of imide groups is 1. The number of fused-ring (bicyclic) bond motifs is 2. The van der Waals surface area contributed by atoms with E-state index in [2.05, 4.69) is 25.2 Å². The van der Waals surface area contributed by atoms with Gasteiger partial charge in [0.05, 0.1) is 27.8 Å². The number of H-pyrrole nitrogens is 2. The Morgan fingerprint density at radius 2 is 1.84 bits per heavy atom. The van der Waals surface area contributed by atoms with Gasteiger partial charge in [0.15, 0.2) is 0 Å². The molecule has 6 rings (SSSR count). The number of ether oxygens (including phenoxy) is 1. The van der Waals surface area contributed by atoms with E-state index in [1.54, 1.807) is 18.2 Å². The highest BCUT2D eigenvalue weighted by atomic mass is 16.5. The minimum Gasteiger partial charge on any atom is -0.491 e. The topological polar surface area (TPSA) is 147 Å². The number of nitrogens with zero attached hydrogens (tertiary/aromatic N) is 4. The summed E-state index contributed by atoms with van der Waals surface area (Å²) in [6.07, 6.45) is 2.15. The van der Waals surface area contributed by atoms with Gasteiger partial charge in [-0.3, -0.25) is 19.3 Å². The van der Waals surface area contributed by atoms with Crippen LogP contribution in [0.1, 0.15) is 33.6 Å². The molecule has 2 aromatic heterocycles. The van der Waals surface area contributed by atoms with Gasteiger partial charge in [0, 0.05) is 44.6 Å². The van der Waals surface area contributed by atoms with Crippen LogP contribution in [-0.4, -0.2) is 101 Å². The van der Waals surface area contributed by atoms with E-state index in [0.717, 1.165) is 31.6 Å². The Balaban J connectivity index is 1.19. The molecule has 2 aliphatic rings. The molecule has 4 aromatic rings. The number of anilines is 2. The number of benzene rings is 2. The summed E-state index contributed by atoms with van der Waals surface area (Å²) in [5, 5.41) is 13.7. The summed E-state index contributed by atoms with van der Waals surface area (Å²) in [6, 6.07) is 12.4. The van der Waals surface area contributed by atoms with Crippen molar-refractivity contribution in [3.8, 4) is 17.1 Å². The minimum absolute atomic E-state index is 0.0508. The molecule has 1 atom stereocenters. The van der Waals surface area contributed by atoms with E-state index < -0.39 is 6.10 Å². The zero-order chi connectivity index (χ0) is 30.2. The number of rotatable bonds is 9. The van der Waals surface area contributed by atoms with Crippen LogP contribution >= 0.6 is 0 Å². The van der Waals surface area contributed by atoms with E-state index in [1.165, 1.54) is 11.1 Å². The number of amides is 2. The fraction of sp³-hybridized carbons (Fsp3) is 0.355. The summed E-state index contributed by atoms with van der Waals surface area (Å²) in [4.78, 5) is 55.6. The van der Waals surface area contributed by atoms with Gasteiger partial charge in [-0.05, 0) is 63.3 Å². The van der Waals surface area contributed by atoms with E-state index in [-0.39, 0.29) is 48.0 Å². The Morgan fingerprint density at radius 3 is 2.58 bits per heavy atom. The molecule has 0 aliphatic carbocycles. The molecular formula is C31H35N7O5. The SMILES string of the molecule is CN1CCC(N2C(=O)c3cc4nc(-c5c(NCC(O)COc6cccc(N(C)C)c6)cc[nH]c5=O)[nH]c4cc3C2=O)CC1. The number of likely N-dealkylation sites (tertiary alicyclic amines) is 1. The zero-order valence-corrected chi connectivity index (χ0v) is 24.4. The van der Waals surface area contributed by atoms with Crippen LogP contribution in [0.15, 0.2) is 53.5 Å². The Kier molecular flexibility index (Phi) is 7.63. The van der Waals surface area contributed by atoms with Crippen molar-refractivity contribution in [2.45, 2.75) is 25.0 Å². The first-order chi connectivity index (χ1) is 20.7. The van der Waals surface area contributed by atoms with Crippen molar-refractivity contribution in [2.75, 3.05) is 57.6 Å². The molecule has 12 heteroatoms. The lowest BCUT2D eigenvalue weighted by Gasteiger charge is -2.33. The summed E-state index contributed by atoms with van der Waals surface area (Å²) >= 11 is 0. The molecule has 2 aliphatic heterocycles. The first-order valence-electron chi connectivity index (χ1n) is 14.3. The summed E-state index contributed by atoms with van der Waals surface area (Å²) in [5.41, 5.74) is 2.99. The number of piperidine rings is 1. The van der Waals surface area contributed by atoms with E-state index in [0.29, 0.717) is 33.6 Å². The van der Waals surface area contributed by atoms with Gasteiger partial charge in [0.25, 0.3) is 17.4 Å². The smallest absolute Gasteiger partial charge is 0.261 e. The number of aliphatic hydroxyl groups excluding tert-OH is 1. The van der Waals surface area contributed by atoms with Gasteiger partial charge < -0.3 is 34.9 Å². The Bertz CT molecular complexity index is 1690. The summed E-state index contributed by atoms with van der Waals surface area (Å²) in [6.45, 7) is 1.84. The fourth-order valence-electron chi connectivity index (χ4n) is 5.66. The second kappa shape index (κ2) is 11.5. The van der Waals surface area contributed by atoms with Crippen LogP contribution in [-0.2, 0) is 0 Å². The summed E-state index contributed by atoms with van der Waals surface area (Å²) < 4.78 is 5.77. The van der Waals surface area contributed by atoms with Crippen molar-refractivity contribution in [3.05, 3.63) is 70.1 Å². The Labute approximate surface area is 248 Å². The normalized spacial score (nSPS) is 16.5. The van der Waals surface area contributed by atoms with Crippen LogP contribution in [0.4, 0.5) is 11.4 Å². The molecule has 1 unspecified atom stereocenters. The number of pyridine rings is 1. The van der Waals surface area contributed by atoms with Crippen LogP contribution in [0.5, 0.6) is 5.75 Å². The van der Waals surface area contributed by atoms with Crippen LogP contribution in [0.3, 0.4) is 0 Å². The highest BCUT2D eigenvalue weighted by molar-refractivity contribution is 6.23. The van der Waals surface area contributed by atoms with Gasteiger partial charge in [0.2, 0.25) is 0 Å². The largest absolute Gasteiger partial charge is 0.491 e. The van der Waals surface area contributed by atoms with Crippen molar-refractivity contribution in [3.63, 3.8) is 0 Å². The average molecular weight is 586 g/mol. The number of hydrogen-bond acceptors (Lipinski definition) is 9. The number of hydrogen-bond donors (Lipinski definition) is 4. The summed E-state index contributed by atoms with van der Waals surface area (Å²) in [5.74, 6) is 0.326. The molecule has 4 heterocycles. The quantitative estimate of drug-likeness (QED) is 0.218. The number of nitrogens with one attached hydrogen (secondary N) is 3. The fourth-order valence-corrected chi connectivity index (χ4v) is 5.66. The standard InChI is InChI=1S/C31H35N7O5/c1-36(2)19-5-4-6-21(13-19)43-17-20(39)16-33-24-7-10-32-29(40)27(24)28-34-25-14-22-23(15-26(25)35-28)31(42)38(30(22)41)18-8-11-37(3)12-9-18/h4-7,10,13-15,18,20,39H,8-9,11-12,16-17H2,1-3H3,(H,34,35)(H2,32,33,40). The van der Waals surface area contributed by atoms with Crippen LogP contribution in [0, 0.1) is 0 Å². The van der Waals surface area contributed by atoms with Crippen molar-refractivity contribution >= 4 is 34.2 Å².